The van der Waals surface area contributed by atoms with E-state index in [4.69, 9.17) is 9.47 Å². The first-order chi connectivity index (χ1) is 20.5. The number of H-pyrrole nitrogens is 1. The molecule has 0 saturated carbocycles. The van der Waals surface area contributed by atoms with Crippen molar-refractivity contribution >= 4 is 22.7 Å². The third-order valence-corrected chi connectivity index (χ3v) is 8.69. The van der Waals surface area contributed by atoms with Gasteiger partial charge in [-0.2, -0.15) is 0 Å². The van der Waals surface area contributed by atoms with Gasteiger partial charge in [0.25, 0.3) is 5.91 Å². The second-order valence-electron chi connectivity index (χ2n) is 11.4. The average molecular weight is 566 g/mol. The quantitative estimate of drug-likeness (QED) is 0.255. The van der Waals surface area contributed by atoms with Crippen LogP contribution in [-0.2, 0) is 21.5 Å². The number of nitrogens with zero attached hydrogens (tertiary/aromatic N) is 2. The molecular formula is C35H39N3O4. The van der Waals surface area contributed by atoms with E-state index < -0.39 is 5.54 Å². The van der Waals surface area contributed by atoms with Crippen LogP contribution in [0, 0.1) is 0 Å². The molecule has 0 bridgehead atoms. The highest BCUT2D eigenvalue weighted by Gasteiger charge is 2.56. The number of carbonyl (C=O) groups is 2. The minimum absolute atomic E-state index is 0.0280. The van der Waals surface area contributed by atoms with E-state index >= 15 is 0 Å². The first-order valence-corrected chi connectivity index (χ1v) is 15.1. The molecule has 4 aromatic rings. The summed E-state index contributed by atoms with van der Waals surface area (Å²) < 4.78 is 12.0. The van der Waals surface area contributed by atoms with Crippen LogP contribution in [0.5, 0.6) is 11.5 Å². The fourth-order valence-electron chi connectivity index (χ4n) is 6.62. The summed E-state index contributed by atoms with van der Waals surface area (Å²) in [5.41, 5.74) is 3.99. The zero-order valence-electron chi connectivity index (χ0n) is 24.7. The third-order valence-electron chi connectivity index (χ3n) is 8.69. The lowest BCUT2D eigenvalue weighted by atomic mass is 9.76. The molecule has 1 aromatic heterocycles. The number of hydrogen-bond acceptors (Lipinski definition) is 4. The van der Waals surface area contributed by atoms with Crippen LogP contribution in [0.3, 0.4) is 0 Å². The first kappa shape index (κ1) is 27.9. The molecule has 7 heteroatoms. The summed E-state index contributed by atoms with van der Waals surface area (Å²) in [5, 5.41) is 1.07. The van der Waals surface area contributed by atoms with Crippen molar-refractivity contribution < 1.29 is 19.1 Å². The molecule has 7 nitrogen and oxygen atoms in total. The fourth-order valence-corrected chi connectivity index (χ4v) is 6.62. The highest BCUT2D eigenvalue weighted by Crippen LogP contribution is 2.49. The molecule has 3 heterocycles. The second-order valence-corrected chi connectivity index (χ2v) is 11.4. The van der Waals surface area contributed by atoms with Gasteiger partial charge in [-0.1, -0.05) is 61.5 Å². The SMILES string of the molecule is CCCOc1ccc([C@@H]2CN3C(=O)CN(CCCc4ccccc4)C(=O)[C@]3(C)c3[nH]c4ccccc4c32)cc1OCC. The van der Waals surface area contributed by atoms with Crippen molar-refractivity contribution in [1.82, 2.24) is 14.8 Å². The molecular weight excluding hydrogens is 526 g/mol. The number of para-hydroxylation sites is 1. The minimum atomic E-state index is -1.11. The molecule has 0 spiro atoms. The number of carbonyl (C=O) groups excluding carboxylic acids is 2. The fraction of sp³-hybridized carbons (Fsp3) is 0.371. The lowest BCUT2D eigenvalue weighted by Gasteiger charge is -2.51. The lowest BCUT2D eigenvalue weighted by Crippen LogP contribution is -2.67. The Balaban J connectivity index is 1.39. The van der Waals surface area contributed by atoms with Crippen LogP contribution in [-0.4, -0.2) is 59.4 Å². The number of ether oxygens (including phenoxy) is 2. The van der Waals surface area contributed by atoms with E-state index in [0.717, 1.165) is 52.7 Å². The van der Waals surface area contributed by atoms with Crippen molar-refractivity contribution in [1.29, 1.82) is 0 Å². The normalized spacial score (nSPS) is 20.0. The number of nitrogens with one attached hydrogen (secondary N) is 1. The Bertz CT molecular complexity index is 1600. The molecule has 2 atom stereocenters. The molecule has 1 N–H and O–H groups in total. The van der Waals surface area contributed by atoms with Gasteiger partial charge in [0.05, 0.1) is 25.5 Å². The van der Waals surface area contributed by atoms with Gasteiger partial charge in [0.1, 0.15) is 0 Å². The van der Waals surface area contributed by atoms with E-state index in [2.05, 4.69) is 36.2 Å². The zero-order chi connectivity index (χ0) is 29.3. The summed E-state index contributed by atoms with van der Waals surface area (Å²) in [6.45, 7) is 8.13. The predicted molar refractivity (Wildman–Crippen MR) is 164 cm³/mol. The van der Waals surface area contributed by atoms with E-state index in [1.54, 1.807) is 9.80 Å². The maximum atomic E-state index is 14.3. The van der Waals surface area contributed by atoms with E-state index in [-0.39, 0.29) is 24.3 Å². The number of aromatic amines is 1. The monoisotopic (exact) mass is 565 g/mol. The Morgan fingerprint density at radius 3 is 2.52 bits per heavy atom. The maximum Gasteiger partial charge on any atom is 0.254 e. The number of aryl methyl sites for hydroxylation is 1. The van der Waals surface area contributed by atoms with Crippen LogP contribution in [0.1, 0.15) is 61.9 Å². The predicted octanol–water partition coefficient (Wildman–Crippen LogP) is 6.02. The van der Waals surface area contributed by atoms with Gasteiger partial charge in [-0.05, 0) is 68.0 Å². The Hall–Kier alpha value is -4.26. The largest absolute Gasteiger partial charge is 0.490 e. The number of aromatic nitrogens is 1. The van der Waals surface area contributed by atoms with Crippen LogP contribution in [0.2, 0.25) is 0 Å². The summed E-state index contributed by atoms with van der Waals surface area (Å²) >= 11 is 0. The molecule has 1 saturated heterocycles. The Labute approximate surface area is 247 Å². The highest BCUT2D eigenvalue weighted by atomic mass is 16.5. The zero-order valence-corrected chi connectivity index (χ0v) is 24.7. The third kappa shape index (κ3) is 4.81. The van der Waals surface area contributed by atoms with Gasteiger partial charge >= 0.3 is 0 Å². The van der Waals surface area contributed by atoms with Crippen LogP contribution < -0.4 is 9.47 Å². The van der Waals surface area contributed by atoms with Crippen molar-refractivity contribution in [3.05, 3.63) is 95.2 Å². The molecule has 3 aromatic carbocycles. The first-order valence-electron chi connectivity index (χ1n) is 15.1. The van der Waals surface area contributed by atoms with Crippen LogP contribution in [0.15, 0.2) is 72.8 Å². The van der Waals surface area contributed by atoms with Crippen LogP contribution in [0.4, 0.5) is 0 Å². The molecule has 6 rings (SSSR count). The van der Waals surface area contributed by atoms with Crippen molar-refractivity contribution in [2.75, 3.05) is 32.8 Å². The summed E-state index contributed by atoms with van der Waals surface area (Å²) in [5.74, 6) is 1.23. The lowest BCUT2D eigenvalue weighted by molar-refractivity contribution is -0.166. The van der Waals surface area contributed by atoms with Crippen molar-refractivity contribution in [2.45, 2.75) is 51.5 Å². The van der Waals surface area contributed by atoms with Crippen LogP contribution in [0.25, 0.3) is 10.9 Å². The molecule has 2 amide bonds. The van der Waals surface area contributed by atoms with E-state index in [9.17, 15) is 9.59 Å². The Morgan fingerprint density at radius 1 is 0.952 bits per heavy atom. The average Bonchev–Trinajstić information content (AvgIpc) is 3.41. The second kappa shape index (κ2) is 11.6. The molecule has 218 valence electrons. The summed E-state index contributed by atoms with van der Waals surface area (Å²) in [6.07, 6.45) is 2.56. The molecule has 2 aliphatic heterocycles. The van der Waals surface area contributed by atoms with Crippen molar-refractivity contribution in [3.63, 3.8) is 0 Å². The molecule has 2 aliphatic rings. The number of hydrogen-bond donors (Lipinski definition) is 1. The summed E-state index contributed by atoms with van der Waals surface area (Å²) in [7, 11) is 0. The molecule has 0 unspecified atom stereocenters. The molecule has 42 heavy (non-hydrogen) atoms. The van der Waals surface area contributed by atoms with Gasteiger partial charge in [-0.3, -0.25) is 9.59 Å². The Morgan fingerprint density at radius 2 is 1.74 bits per heavy atom. The molecule has 0 radical (unpaired) electrons. The number of piperazine rings is 1. The number of amides is 2. The van der Waals surface area contributed by atoms with Gasteiger partial charge in [0.15, 0.2) is 17.0 Å². The van der Waals surface area contributed by atoms with Crippen molar-refractivity contribution in [3.8, 4) is 11.5 Å². The van der Waals surface area contributed by atoms with Gasteiger partial charge in [0.2, 0.25) is 5.91 Å². The Kier molecular flexibility index (Phi) is 7.67. The molecule has 1 fully saturated rings. The van der Waals surface area contributed by atoms with E-state index in [1.807, 2.05) is 62.4 Å². The van der Waals surface area contributed by atoms with Gasteiger partial charge < -0.3 is 24.3 Å². The van der Waals surface area contributed by atoms with Gasteiger partial charge in [0, 0.05) is 29.9 Å². The number of benzene rings is 3. The summed E-state index contributed by atoms with van der Waals surface area (Å²) in [6, 6.07) is 24.5. The minimum Gasteiger partial charge on any atom is -0.490 e. The van der Waals surface area contributed by atoms with Gasteiger partial charge in [-0.15, -0.1) is 0 Å². The maximum absolute atomic E-state index is 14.3. The van der Waals surface area contributed by atoms with Crippen molar-refractivity contribution in [2.24, 2.45) is 0 Å². The van der Waals surface area contributed by atoms with Gasteiger partial charge in [-0.25, -0.2) is 0 Å². The highest BCUT2D eigenvalue weighted by molar-refractivity contribution is 6.01. The topological polar surface area (TPSA) is 74.9 Å². The molecule has 0 aliphatic carbocycles. The number of fused-ring (bicyclic) bond motifs is 5. The van der Waals surface area contributed by atoms with Crippen LogP contribution >= 0.6 is 0 Å². The summed E-state index contributed by atoms with van der Waals surface area (Å²) in [4.78, 5) is 35.3. The van der Waals surface area contributed by atoms with E-state index in [1.165, 1.54) is 5.56 Å². The standard InChI is InChI=1S/C35H39N3O4/c1-4-20-42-29-18-17-25(21-30(29)41-5-2)27-22-38-31(39)23-37(19-11-14-24-12-7-6-8-13-24)34(40)35(38,3)33-32(27)26-15-9-10-16-28(26)36-33/h6-10,12-13,15-18,21,27,36H,4-5,11,14,19-20,22-23H2,1-3H3/t27-,35-/m0/s1. The van der Waals surface area contributed by atoms with E-state index in [0.29, 0.717) is 32.1 Å². The smallest absolute Gasteiger partial charge is 0.254 e. The number of rotatable bonds is 10.